The molecule has 4 saturated carbocycles. The van der Waals surface area contributed by atoms with Gasteiger partial charge in [0, 0.05) is 24.2 Å². The fourth-order valence-electron chi connectivity index (χ4n) is 11.8. The van der Waals surface area contributed by atoms with Crippen LogP contribution in [-0.2, 0) is 18.9 Å². The molecule has 1 spiro atoms. The van der Waals surface area contributed by atoms with E-state index in [9.17, 15) is 35.7 Å². The highest BCUT2D eigenvalue weighted by atomic mass is 16.7. The van der Waals surface area contributed by atoms with E-state index in [2.05, 4.69) is 20.4 Å². The first-order valence-electron chi connectivity index (χ1n) is 16.7. The Labute approximate surface area is 259 Å². The van der Waals surface area contributed by atoms with Crippen LogP contribution in [0.3, 0.4) is 0 Å². The van der Waals surface area contributed by atoms with E-state index in [0.29, 0.717) is 31.3 Å². The molecule has 7 N–H and O–H groups in total. The predicted octanol–water partition coefficient (Wildman–Crippen LogP) is 0.595. The van der Waals surface area contributed by atoms with Crippen LogP contribution < -0.4 is 0 Å². The lowest BCUT2D eigenvalue weighted by atomic mass is 9.41. The minimum Gasteiger partial charge on any atom is -0.394 e. The zero-order chi connectivity index (χ0) is 31.6. The number of aliphatic hydroxyl groups is 7. The Hall–Kier alpha value is -0.700. The van der Waals surface area contributed by atoms with Crippen molar-refractivity contribution in [3.63, 3.8) is 0 Å². The van der Waals surface area contributed by atoms with Crippen molar-refractivity contribution in [1.29, 1.82) is 0 Å². The molecule has 3 heterocycles. The maximum atomic E-state index is 11.8. The highest BCUT2D eigenvalue weighted by Crippen LogP contribution is 2.72. The SMILES string of the molecule is C=C1CC[C@@]2(OC1)O[C@H]1C[C@H]3[C@@H]4CC[C@]5(O[C@@H]6O[C@H](CO)[C@@H](O)[C@H](O)[C@H]6O)[C@@H](O)[C@@H](O)C[C@@H](O)[C@]5(C)[C@H]4CC[C@]3(C)[C@H]1[C@@H]2C. The number of hydrogen-bond acceptors (Lipinski definition) is 11. The summed E-state index contributed by atoms with van der Waals surface area (Å²) in [6, 6.07) is 0. The van der Waals surface area contributed by atoms with Crippen LogP contribution in [0.25, 0.3) is 0 Å². The summed E-state index contributed by atoms with van der Waals surface area (Å²) in [4.78, 5) is 0. The van der Waals surface area contributed by atoms with E-state index < -0.39 is 72.4 Å². The van der Waals surface area contributed by atoms with E-state index in [1.54, 1.807) is 0 Å². The Bertz CT molecular complexity index is 1120. The van der Waals surface area contributed by atoms with E-state index in [4.69, 9.17) is 18.9 Å². The molecular weight excluding hydrogens is 572 g/mol. The number of aliphatic hydroxyl groups excluding tert-OH is 7. The molecule has 11 nitrogen and oxygen atoms in total. The van der Waals surface area contributed by atoms with E-state index in [1.807, 2.05) is 6.92 Å². The van der Waals surface area contributed by atoms with Crippen LogP contribution in [0.2, 0.25) is 0 Å². The number of rotatable bonds is 3. The summed E-state index contributed by atoms with van der Waals surface area (Å²) < 4.78 is 25.5. The van der Waals surface area contributed by atoms with Crippen molar-refractivity contribution >= 4 is 0 Å². The van der Waals surface area contributed by atoms with Gasteiger partial charge in [0.2, 0.25) is 0 Å². The van der Waals surface area contributed by atoms with Gasteiger partial charge in [0.05, 0.1) is 31.5 Å². The first-order chi connectivity index (χ1) is 20.7. The predicted molar refractivity (Wildman–Crippen MR) is 155 cm³/mol. The standard InChI is InChI=1S/C33H52O11/c1-15-5-10-33(41-14-15)16(2)24-21(43-33)11-19-17-6-9-32(44-29-27(39)26(38)25(37)22(13-34)42-29)28(40)20(35)12-23(36)31(32,4)18(17)7-8-30(19,24)3/h16-29,34-40H,1,5-14H2,2-4H3/t16-,17+,18-,19-,20-,21-,22+,23+,24-,25+,26-,27+,28-,29-,30-,31-,32-,33+/m0/s1. The van der Waals surface area contributed by atoms with Gasteiger partial charge in [0.15, 0.2) is 12.1 Å². The van der Waals surface area contributed by atoms with Crippen LogP contribution in [-0.4, -0.2) is 115 Å². The van der Waals surface area contributed by atoms with Gasteiger partial charge in [-0.2, -0.15) is 0 Å². The van der Waals surface area contributed by atoms with Crippen LogP contribution in [0.5, 0.6) is 0 Å². The van der Waals surface area contributed by atoms with Gasteiger partial charge in [0.25, 0.3) is 0 Å². The summed E-state index contributed by atoms with van der Waals surface area (Å²) in [6.45, 7) is 10.7. The van der Waals surface area contributed by atoms with Crippen LogP contribution in [0, 0.1) is 40.4 Å². The summed E-state index contributed by atoms with van der Waals surface area (Å²) in [5.41, 5.74) is -1.41. The van der Waals surface area contributed by atoms with E-state index >= 15 is 0 Å². The second-order valence-corrected chi connectivity index (χ2v) is 15.8. The van der Waals surface area contributed by atoms with Crippen molar-refractivity contribution < 1.29 is 54.7 Å². The largest absolute Gasteiger partial charge is 0.394 e. The molecule has 7 fully saturated rings. The topological polar surface area (TPSA) is 179 Å². The molecule has 44 heavy (non-hydrogen) atoms. The highest BCUT2D eigenvalue weighted by Gasteiger charge is 2.74. The van der Waals surface area contributed by atoms with Gasteiger partial charge in [-0.15, -0.1) is 0 Å². The van der Waals surface area contributed by atoms with Gasteiger partial charge in [-0.25, -0.2) is 0 Å². The average Bonchev–Trinajstić information content (AvgIpc) is 3.44. The third-order valence-corrected chi connectivity index (χ3v) is 14.2. The summed E-state index contributed by atoms with van der Waals surface area (Å²) in [5.74, 6) is 0.493. The van der Waals surface area contributed by atoms with Crippen molar-refractivity contribution in [2.24, 2.45) is 40.4 Å². The zero-order valence-corrected chi connectivity index (χ0v) is 26.1. The van der Waals surface area contributed by atoms with Gasteiger partial charge in [-0.05, 0) is 67.6 Å². The van der Waals surface area contributed by atoms with Crippen LogP contribution >= 0.6 is 0 Å². The van der Waals surface area contributed by atoms with E-state index in [1.165, 1.54) is 0 Å². The lowest BCUT2D eigenvalue weighted by Crippen LogP contribution is -2.76. The quantitative estimate of drug-likeness (QED) is 0.173. The molecule has 7 rings (SSSR count). The Balaban J connectivity index is 1.20. The summed E-state index contributed by atoms with van der Waals surface area (Å²) in [5, 5.41) is 76.0. The molecule has 0 aromatic rings. The van der Waals surface area contributed by atoms with Crippen molar-refractivity contribution in [3.05, 3.63) is 12.2 Å². The number of ether oxygens (including phenoxy) is 4. The molecule has 0 bridgehead atoms. The lowest BCUT2D eigenvalue weighted by Gasteiger charge is -2.68. The minimum atomic E-state index is -1.67. The zero-order valence-electron chi connectivity index (χ0n) is 26.1. The van der Waals surface area contributed by atoms with Gasteiger partial charge in [-0.3, -0.25) is 0 Å². The second-order valence-electron chi connectivity index (χ2n) is 15.8. The van der Waals surface area contributed by atoms with Crippen molar-refractivity contribution in [2.75, 3.05) is 13.2 Å². The van der Waals surface area contributed by atoms with Gasteiger partial charge < -0.3 is 54.7 Å². The normalized spacial score (nSPS) is 60.5. The molecule has 4 aliphatic carbocycles. The maximum absolute atomic E-state index is 11.8. The van der Waals surface area contributed by atoms with Gasteiger partial charge >= 0.3 is 0 Å². The van der Waals surface area contributed by atoms with Gasteiger partial charge in [0.1, 0.15) is 36.1 Å². The van der Waals surface area contributed by atoms with Crippen LogP contribution in [0.4, 0.5) is 0 Å². The molecular formula is C33H52O11. The van der Waals surface area contributed by atoms with E-state index in [0.717, 1.165) is 37.7 Å². The van der Waals surface area contributed by atoms with Crippen molar-refractivity contribution in [2.45, 2.75) is 139 Å². The fraction of sp³-hybridized carbons (Fsp3) is 0.939. The molecule has 18 atom stereocenters. The third kappa shape index (κ3) is 4.07. The molecule has 0 amide bonds. The summed E-state index contributed by atoms with van der Waals surface area (Å²) in [6.07, 6.45) is -5.84. The smallest absolute Gasteiger partial charge is 0.187 e. The van der Waals surface area contributed by atoms with E-state index in [-0.39, 0.29) is 35.7 Å². The summed E-state index contributed by atoms with van der Waals surface area (Å²) >= 11 is 0. The Morgan fingerprint density at radius 3 is 2.36 bits per heavy atom. The second kappa shape index (κ2) is 10.7. The van der Waals surface area contributed by atoms with Gasteiger partial charge in [-0.1, -0.05) is 32.9 Å². The molecule has 0 aromatic heterocycles. The monoisotopic (exact) mass is 624 g/mol. The van der Waals surface area contributed by atoms with Crippen LogP contribution in [0.15, 0.2) is 12.2 Å². The number of hydrogen-bond donors (Lipinski definition) is 7. The third-order valence-electron chi connectivity index (χ3n) is 14.2. The maximum Gasteiger partial charge on any atom is 0.187 e. The Kier molecular flexibility index (Phi) is 7.72. The van der Waals surface area contributed by atoms with Crippen molar-refractivity contribution in [1.82, 2.24) is 0 Å². The Morgan fingerprint density at radius 2 is 1.68 bits per heavy atom. The summed E-state index contributed by atoms with van der Waals surface area (Å²) in [7, 11) is 0. The molecule has 0 radical (unpaired) electrons. The fourth-order valence-corrected chi connectivity index (χ4v) is 11.8. The lowest BCUT2D eigenvalue weighted by molar-refractivity contribution is -0.389. The van der Waals surface area contributed by atoms with Crippen molar-refractivity contribution in [3.8, 4) is 0 Å². The minimum absolute atomic E-state index is 0.0127. The molecule has 0 aromatic carbocycles. The number of fused-ring (bicyclic) bond motifs is 7. The molecule has 11 heteroatoms. The molecule has 3 saturated heterocycles. The molecule has 7 aliphatic rings. The van der Waals surface area contributed by atoms with Crippen LogP contribution in [0.1, 0.15) is 72.1 Å². The first-order valence-corrected chi connectivity index (χ1v) is 16.7. The molecule has 250 valence electrons. The first kappa shape index (κ1) is 31.9. The molecule has 3 aliphatic heterocycles. The Morgan fingerprint density at radius 1 is 0.932 bits per heavy atom. The molecule has 0 unspecified atom stereocenters. The highest BCUT2D eigenvalue weighted by molar-refractivity contribution is 5.22. The average molecular weight is 625 g/mol.